The zero-order valence-electron chi connectivity index (χ0n) is 30.9. The number of para-hydroxylation sites is 1. The summed E-state index contributed by atoms with van der Waals surface area (Å²) in [5.41, 5.74) is -2.21. The number of carbonyl (C=O) groups is 2. The van der Waals surface area contributed by atoms with Crippen molar-refractivity contribution in [1.82, 2.24) is 23.5 Å². The number of rotatable bonds is 8. The number of nitrogens with zero attached hydrogens (tertiary/aromatic N) is 6. The van der Waals surface area contributed by atoms with Crippen LogP contribution in [0.3, 0.4) is 0 Å². The average molecular weight is 789 g/mol. The van der Waals surface area contributed by atoms with Gasteiger partial charge in [0.25, 0.3) is 5.56 Å². The van der Waals surface area contributed by atoms with Gasteiger partial charge in [0.15, 0.2) is 11.5 Å². The molecule has 0 spiro atoms. The normalized spacial score (nSPS) is 21.6. The molecule has 3 aromatic carbocycles. The number of phenols is 1. The fourth-order valence-corrected chi connectivity index (χ4v) is 8.73. The molecule has 296 valence electrons. The molecule has 4 heterocycles. The number of aryl methyl sites for hydroxylation is 2. The third-order valence-electron chi connectivity index (χ3n) is 11.4. The minimum atomic E-state index is -5.08. The van der Waals surface area contributed by atoms with Crippen LogP contribution in [0.15, 0.2) is 86.7 Å². The number of anilines is 1. The van der Waals surface area contributed by atoms with Crippen molar-refractivity contribution < 1.29 is 42.1 Å². The number of alkyl halides is 3. The van der Waals surface area contributed by atoms with Crippen LogP contribution >= 0.6 is 0 Å². The highest BCUT2D eigenvalue weighted by Gasteiger charge is 2.66. The second-order valence-electron chi connectivity index (χ2n) is 14.3. The summed E-state index contributed by atoms with van der Waals surface area (Å²) < 4.78 is 59.9. The summed E-state index contributed by atoms with van der Waals surface area (Å²) in [5, 5.41) is 11.2. The van der Waals surface area contributed by atoms with Crippen LogP contribution in [-0.4, -0.2) is 61.0 Å². The number of aromatic nitrogens is 5. The second-order valence-corrected chi connectivity index (χ2v) is 14.3. The van der Waals surface area contributed by atoms with E-state index in [1.165, 1.54) is 35.1 Å². The van der Waals surface area contributed by atoms with Gasteiger partial charge >= 0.3 is 17.7 Å². The van der Waals surface area contributed by atoms with Crippen molar-refractivity contribution in [2.45, 2.75) is 51.2 Å². The van der Waals surface area contributed by atoms with Crippen LogP contribution in [0.2, 0.25) is 0 Å². The smallest absolute Gasteiger partial charge is 0.508 e. The summed E-state index contributed by atoms with van der Waals surface area (Å²) in [7, 11) is 4.47. The molecule has 8 rings (SSSR count). The molecule has 2 aromatic heterocycles. The summed E-state index contributed by atoms with van der Waals surface area (Å²) in [5.74, 6) is -4.03. The third-order valence-corrected chi connectivity index (χ3v) is 11.4. The van der Waals surface area contributed by atoms with Crippen molar-refractivity contribution in [3.05, 3.63) is 115 Å². The zero-order chi connectivity index (χ0) is 40.7. The number of amides is 2. The maximum absolute atomic E-state index is 14.6. The predicted molar refractivity (Wildman–Crippen MR) is 197 cm³/mol. The van der Waals surface area contributed by atoms with Gasteiger partial charge in [-0.2, -0.15) is 0 Å². The molecule has 0 radical (unpaired) electrons. The molecule has 5 aromatic rings. The number of aromatic hydroxyl groups is 1. The highest BCUT2D eigenvalue weighted by atomic mass is 19.4. The molecule has 15 nitrogen and oxygen atoms in total. The van der Waals surface area contributed by atoms with Gasteiger partial charge in [0.1, 0.15) is 17.2 Å². The first-order chi connectivity index (χ1) is 27.1. The number of hydrogen-bond donors (Lipinski definition) is 1. The first-order valence-corrected chi connectivity index (χ1v) is 17.8. The summed E-state index contributed by atoms with van der Waals surface area (Å²) in [4.78, 5) is 76.1. The van der Waals surface area contributed by atoms with Gasteiger partial charge in [0.05, 0.1) is 54.9 Å². The minimum Gasteiger partial charge on any atom is -0.508 e. The molecule has 4 atom stereocenters. The molecule has 2 fully saturated rings. The van der Waals surface area contributed by atoms with Gasteiger partial charge in [-0.1, -0.05) is 24.3 Å². The Labute approximate surface area is 320 Å². The van der Waals surface area contributed by atoms with E-state index in [1.807, 2.05) is 0 Å². The third kappa shape index (κ3) is 5.71. The van der Waals surface area contributed by atoms with E-state index in [-0.39, 0.29) is 42.9 Å². The fraction of sp³-hybridized carbons (Fsp3) is 0.333. The number of hydrogen-bond acceptors (Lipinski definition) is 10. The van der Waals surface area contributed by atoms with Gasteiger partial charge < -0.3 is 23.9 Å². The number of methoxy groups -OCH3 is 2. The number of benzene rings is 3. The molecule has 18 heteroatoms. The standard InChI is InChI=1S/C39H35F3N6O9/c1-38-24(33(50)47(35(38)52)20-8-6-5-7-9-20)17-27-22(32(38)23-16-21(10-11-29(23)49)57-39(40,41)42)12-15-46-36(53)45(37(54)48(27)46)14-13-25-34(51)44(2)28-19-31(56-4)30(55-3)18-26(28)43-25/h5-12,16,18-19,24,27,32,49H,13-15,17H2,1-4H3/t24-,27+,32+,38+/m0/s1. The first-order valence-electron chi connectivity index (χ1n) is 17.8. The maximum Gasteiger partial charge on any atom is 0.573 e. The lowest BCUT2D eigenvalue weighted by atomic mass is 9.56. The van der Waals surface area contributed by atoms with Crippen LogP contribution in [0.1, 0.15) is 36.6 Å². The van der Waals surface area contributed by atoms with E-state index in [1.54, 1.807) is 55.6 Å². The first kappa shape index (κ1) is 37.3. The molecule has 0 bridgehead atoms. The molecule has 1 N–H and O–H groups in total. The fourth-order valence-electron chi connectivity index (χ4n) is 8.73. The Hall–Kier alpha value is -6.59. The quantitative estimate of drug-likeness (QED) is 0.181. The molecular weight excluding hydrogens is 753 g/mol. The van der Waals surface area contributed by atoms with Crippen LogP contribution in [0.4, 0.5) is 18.9 Å². The van der Waals surface area contributed by atoms with E-state index < -0.39 is 69.9 Å². The Morgan fingerprint density at radius 2 is 1.65 bits per heavy atom. The summed E-state index contributed by atoms with van der Waals surface area (Å²) in [6.45, 7) is 1.08. The minimum absolute atomic E-state index is 0.0671. The lowest BCUT2D eigenvalue weighted by molar-refractivity contribution is -0.274. The predicted octanol–water partition coefficient (Wildman–Crippen LogP) is 3.79. The number of carbonyl (C=O) groups excluding carboxylic acids is 2. The monoisotopic (exact) mass is 788 g/mol. The Morgan fingerprint density at radius 3 is 2.33 bits per heavy atom. The van der Waals surface area contributed by atoms with Crippen LogP contribution < -0.4 is 36.0 Å². The number of halogens is 3. The van der Waals surface area contributed by atoms with Gasteiger partial charge in [0, 0.05) is 43.6 Å². The average Bonchev–Trinajstić information content (AvgIpc) is 3.54. The number of allylic oxidation sites excluding steroid dienone is 2. The molecule has 1 saturated carbocycles. The summed E-state index contributed by atoms with van der Waals surface area (Å²) in [6, 6.07) is 13.2. The van der Waals surface area contributed by atoms with Crippen molar-refractivity contribution in [3.8, 4) is 23.0 Å². The van der Waals surface area contributed by atoms with Crippen LogP contribution in [-0.2, 0) is 36.1 Å². The van der Waals surface area contributed by atoms with Crippen LogP contribution in [0, 0.1) is 11.3 Å². The van der Waals surface area contributed by atoms with Gasteiger partial charge in [-0.3, -0.25) is 14.4 Å². The zero-order valence-corrected chi connectivity index (χ0v) is 30.9. The van der Waals surface area contributed by atoms with Gasteiger partial charge in [-0.15, -0.1) is 13.2 Å². The SMILES string of the molecule is COc1cc2nc(CCn3c(=O)n4n(c3=O)[C@@H]3C[C@H]5C(=O)N(c6ccccc6)C(=O)[C@@]5(C)[C@@H](c5cc(OC(F)(F)F)ccc5O)C3=CC4)c(=O)n(C)c2cc1OC. The van der Waals surface area contributed by atoms with Crippen LogP contribution in [0.25, 0.3) is 11.0 Å². The number of phenolic OH excluding ortho intramolecular Hbond substituents is 1. The Balaban J connectivity index is 1.22. The Bertz CT molecular complexity index is 2720. The number of imide groups is 1. The molecule has 1 saturated heterocycles. The maximum atomic E-state index is 14.6. The van der Waals surface area contributed by atoms with Crippen molar-refractivity contribution in [2.24, 2.45) is 18.4 Å². The van der Waals surface area contributed by atoms with Crippen molar-refractivity contribution >= 4 is 28.5 Å². The largest absolute Gasteiger partial charge is 0.573 e. The number of ether oxygens (including phenoxy) is 3. The molecule has 2 amide bonds. The molecular formula is C39H35F3N6O9. The lowest BCUT2D eigenvalue weighted by Gasteiger charge is -2.47. The van der Waals surface area contributed by atoms with E-state index in [2.05, 4.69) is 9.72 Å². The Morgan fingerprint density at radius 1 is 0.947 bits per heavy atom. The molecule has 1 aliphatic carbocycles. The molecule has 57 heavy (non-hydrogen) atoms. The van der Waals surface area contributed by atoms with Crippen LogP contribution in [0.5, 0.6) is 23.0 Å². The van der Waals surface area contributed by atoms with Crippen molar-refractivity contribution in [1.29, 1.82) is 0 Å². The van der Waals surface area contributed by atoms with E-state index in [9.17, 15) is 42.3 Å². The molecule has 3 aliphatic rings. The van der Waals surface area contributed by atoms with E-state index in [0.717, 1.165) is 27.7 Å². The Kier molecular flexibility index (Phi) is 8.69. The topological polar surface area (TPSA) is 169 Å². The van der Waals surface area contributed by atoms with Gasteiger partial charge in [-0.05, 0) is 49.2 Å². The molecule has 0 unspecified atom stereocenters. The van der Waals surface area contributed by atoms with Gasteiger partial charge in [-0.25, -0.2) is 33.4 Å². The summed E-state index contributed by atoms with van der Waals surface area (Å²) >= 11 is 0. The highest BCUT2D eigenvalue weighted by molar-refractivity contribution is 6.24. The van der Waals surface area contributed by atoms with Crippen molar-refractivity contribution in [2.75, 3.05) is 19.1 Å². The lowest BCUT2D eigenvalue weighted by Crippen LogP contribution is -2.49. The molecule has 2 aliphatic heterocycles. The van der Waals surface area contributed by atoms with E-state index in [0.29, 0.717) is 28.1 Å². The highest BCUT2D eigenvalue weighted by Crippen LogP contribution is 2.62. The van der Waals surface area contributed by atoms with Gasteiger partial charge in [0.2, 0.25) is 11.8 Å². The van der Waals surface area contributed by atoms with E-state index in [4.69, 9.17) is 9.47 Å². The second kappa shape index (κ2) is 13.3. The van der Waals surface area contributed by atoms with E-state index >= 15 is 0 Å². The van der Waals surface area contributed by atoms with Crippen molar-refractivity contribution in [3.63, 3.8) is 0 Å². The number of fused-ring (bicyclic) bond motifs is 5. The summed E-state index contributed by atoms with van der Waals surface area (Å²) in [6.07, 6.45) is -3.73.